The minimum atomic E-state index is -0.239. The maximum absolute atomic E-state index is 13.3. The molecule has 0 aliphatic heterocycles. The summed E-state index contributed by atoms with van der Waals surface area (Å²) in [5, 5.41) is 5.85. The number of nitrogens with zero attached hydrogens (tertiary/aromatic N) is 1. The van der Waals surface area contributed by atoms with Gasteiger partial charge in [0.2, 0.25) is 0 Å². The van der Waals surface area contributed by atoms with Crippen LogP contribution in [0.1, 0.15) is 30.5 Å². The van der Waals surface area contributed by atoms with E-state index in [-0.39, 0.29) is 11.2 Å². The summed E-state index contributed by atoms with van der Waals surface area (Å²) in [6.45, 7) is 8.60. The SMILES string of the molecule is C=Cc1ccc(-n2c3ccccc3c3cc(-c4ccc5c(c4)C(C)(C)c4cc(-c6ccc(Nc7ccc(F)cc7)cc6)ccc4-5)ccc32)cc1. The number of nitrogens with one attached hydrogen (secondary N) is 1. The van der Waals surface area contributed by atoms with E-state index in [4.69, 9.17) is 0 Å². The molecule has 3 heteroatoms. The van der Waals surface area contributed by atoms with Crippen LogP contribution in [0.4, 0.5) is 15.8 Å². The predicted molar refractivity (Wildman–Crippen MR) is 209 cm³/mol. The van der Waals surface area contributed by atoms with Crippen molar-refractivity contribution in [1.82, 2.24) is 4.57 Å². The van der Waals surface area contributed by atoms with Crippen molar-refractivity contribution in [2.24, 2.45) is 0 Å². The molecule has 2 nitrogen and oxygen atoms in total. The van der Waals surface area contributed by atoms with E-state index >= 15 is 0 Å². The second-order valence-electron chi connectivity index (χ2n) is 13.7. The van der Waals surface area contributed by atoms with Crippen molar-refractivity contribution >= 4 is 39.3 Å². The van der Waals surface area contributed by atoms with Gasteiger partial charge in [-0.3, -0.25) is 0 Å². The Bertz CT molecular complexity index is 2590. The summed E-state index contributed by atoms with van der Waals surface area (Å²) in [6.07, 6.45) is 1.88. The van der Waals surface area contributed by atoms with Gasteiger partial charge < -0.3 is 9.88 Å². The molecule has 1 aliphatic rings. The molecule has 0 bridgehead atoms. The van der Waals surface area contributed by atoms with Crippen LogP contribution < -0.4 is 5.32 Å². The first-order chi connectivity index (χ1) is 24.4. The molecule has 8 aromatic rings. The first kappa shape index (κ1) is 29.9. The molecule has 240 valence electrons. The molecule has 0 saturated heterocycles. The van der Waals surface area contributed by atoms with E-state index in [1.54, 1.807) is 12.1 Å². The standard InChI is InChI=1S/C47H35FN2/c1-4-30-9-22-38(23-10-30)50-45-8-6-5-7-41(45)42-27-32(15-26-46(42)50)34-14-25-40-39-24-13-33(28-43(39)47(2,3)44(40)29-34)31-11-18-36(19-12-31)49-37-20-16-35(48)17-21-37/h4-29,49H,1H2,2-3H3. The second-order valence-corrected chi connectivity index (χ2v) is 13.7. The van der Waals surface area contributed by atoms with Crippen LogP contribution in [-0.2, 0) is 5.41 Å². The van der Waals surface area contributed by atoms with Crippen LogP contribution in [0.2, 0.25) is 0 Å². The van der Waals surface area contributed by atoms with Crippen molar-refractivity contribution in [2.45, 2.75) is 19.3 Å². The molecule has 0 fully saturated rings. The van der Waals surface area contributed by atoms with Crippen molar-refractivity contribution in [3.8, 4) is 39.1 Å². The Balaban J connectivity index is 1.05. The summed E-state index contributed by atoms with van der Waals surface area (Å²) < 4.78 is 15.7. The molecule has 1 aromatic heterocycles. The lowest BCUT2D eigenvalue weighted by Crippen LogP contribution is -2.15. The maximum Gasteiger partial charge on any atom is 0.123 e. The topological polar surface area (TPSA) is 17.0 Å². The van der Waals surface area contributed by atoms with Gasteiger partial charge in [0, 0.05) is 33.2 Å². The van der Waals surface area contributed by atoms with Crippen LogP contribution in [0.3, 0.4) is 0 Å². The molecular formula is C47H35FN2. The van der Waals surface area contributed by atoms with E-state index in [0.717, 1.165) is 28.2 Å². The number of aromatic nitrogens is 1. The van der Waals surface area contributed by atoms with E-state index in [1.165, 1.54) is 72.9 Å². The van der Waals surface area contributed by atoms with E-state index in [2.05, 4.69) is 158 Å². The quantitative estimate of drug-likeness (QED) is 0.190. The van der Waals surface area contributed by atoms with Crippen molar-refractivity contribution in [2.75, 3.05) is 5.32 Å². The average Bonchev–Trinajstić information content (AvgIpc) is 3.60. The molecule has 0 amide bonds. The van der Waals surface area contributed by atoms with Gasteiger partial charge >= 0.3 is 0 Å². The molecule has 0 spiro atoms. The zero-order chi connectivity index (χ0) is 34.0. The monoisotopic (exact) mass is 646 g/mol. The molecular weight excluding hydrogens is 612 g/mol. The lowest BCUT2D eigenvalue weighted by Gasteiger charge is -2.22. The highest BCUT2D eigenvalue weighted by Crippen LogP contribution is 2.51. The number of hydrogen-bond acceptors (Lipinski definition) is 1. The Kier molecular flexibility index (Phi) is 6.86. The van der Waals surface area contributed by atoms with Gasteiger partial charge in [-0.1, -0.05) is 99.3 Å². The Morgan fingerprint density at radius 2 is 1.10 bits per heavy atom. The Hall–Kier alpha value is -6.19. The van der Waals surface area contributed by atoms with Gasteiger partial charge in [-0.15, -0.1) is 0 Å². The third-order valence-corrected chi connectivity index (χ3v) is 10.4. The highest BCUT2D eigenvalue weighted by Gasteiger charge is 2.36. The van der Waals surface area contributed by atoms with Gasteiger partial charge in [0.1, 0.15) is 5.82 Å². The highest BCUT2D eigenvalue weighted by molar-refractivity contribution is 6.10. The van der Waals surface area contributed by atoms with Gasteiger partial charge in [0.25, 0.3) is 0 Å². The van der Waals surface area contributed by atoms with Crippen LogP contribution in [0.15, 0.2) is 158 Å². The fourth-order valence-electron chi connectivity index (χ4n) is 7.73. The molecule has 1 aliphatic carbocycles. The minimum Gasteiger partial charge on any atom is -0.356 e. The van der Waals surface area contributed by atoms with E-state index in [9.17, 15) is 4.39 Å². The number of hydrogen-bond donors (Lipinski definition) is 1. The number of para-hydroxylation sites is 1. The number of anilines is 2. The van der Waals surface area contributed by atoms with Gasteiger partial charge in [-0.05, 0) is 129 Å². The van der Waals surface area contributed by atoms with Crippen molar-refractivity contribution < 1.29 is 4.39 Å². The van der Waals surface area contributed by atoms with Crippen molar-refractivity contribution in [1.29, 1.82) is 0 Å². The fraction of sp³-hybridized carbons (Fsp3) is 0.0638. The van der Waals surface area contributed by atoms with Gasteiger partial charge in [-0.2, -0.15) is 0 Å². The molecule has 9 rings (SSSR count). The van der Waals surface area contributed by atoms with E-state index in [0.29, 0.717) is 0 Å². The molecule has 0 atom stereocenters. The summed E-state index contributed by atoms with van der Waals surface area (Å²) >= 11 is 0. The normalized spacial score (nSPS) is 12.9. The summed E-state index contributed by atoms with van der Waals surface area (Å²) in [7, 11) is 0. The predicted octanol–water partition coefficient (Wildman–Crippen LogP) is 12.9. The van der Waals surface area contributed by atoms with Crippen molar-refractivity contribution in [3.05, 3.63) is 181 Å². The lowest BCUT2D eigenvalue weighted by atomic mass is 9.81. The van der Waals surface area contributed by atoms with Crippen LogP contribution in [0.5, 0.6) is 0 Å². The van der Waals surface area contributed by atoms with Crippen LogP contribution in [0.25, 0.3) is 66.9 Å². The van der Waals surface area contributed by atoms with Crippen LogP contribution >= 0.6 is 0 Å². The molecule has 0 radical (unpaired) electrons. The first-order valence-electron chi connectivity index (χ1n) is 17.1. The summed E-state index contributed by atoms with van der Waals surface area (Å²) in [5.41, 5.74) is 16.4. The maximum atomic E-state index is 13.3. The fourth-order valence-corrected chi connectivity index (χ4v) is 7.73. The van der Waals surface area contributed by atoms with Gasteiger partial charge in [0.15, 0.2) is 0 Å². The lowest BCUT2D eigenvalue weighted by molar-refractivity contribution is 0.628. The van der Waals surface area contributed by atoms with Crippen LogP contribution in [0, 0.1) is 5.82 Å². The van der Waals surface area contributed by atoms with Gasteiger partial charge in [0.05, 0.1) is 11.0 Å². The molecule has 7 aromatic carbocycles. The third kappa shape index (κ3) is 4.85. The first-order valence-corrected chi connectivity index (χ1v) is 17.1. The largest absolute Gasteiger partial charge is 0.356 e. The molecule has 0 saturated carbocycles. The molecule has 1 heterocycles. The number of benzene rings is 7. The number of halogens is 1. The average molecular weight is 647 g/mol. The Labute approximate surface area is 291 Å². The summed E-state index contributed by atoms with van der Waals surface area (Å²) in [4.78, 5) is 0. The summed E-state index contributed by atoms with van der Waals surface area (Å²) in [6, 6.07) is 52.9. The minimum absolute atomic E-state index is 0.154. The van der Waals surface area contributed by atoms with Gasteiger partial charge in [-0.25, -0.2) is 4.39 Å². The zero-order valence-electron chi connectivity index (χ0n) is 28.0. The molecule has 50 heavy (non-hydrogen) atoms. The van der Waals surface area contributed by atoms with Crippen LogP contribution in [-0.4, -0.2) is 4.57 Å². The molecule has 1 N–H and O–H groups in total. The third-order valence-electron chi connectivity index (χ3n) is 10.4. The molecule has 0 unspecified atom stereocenters. The number of fused-ring (bicyclic) bond motifs is 6. The second kappa shape index (κ2) is 11.5. The number of rotatable bonds is 6. The highest BCUT2D eigenvalue weighted by atomic mass is 19.1. The zero-order valence-corrected chi connectivity index (χ0v) is 28.0. The smallest absolute Gasteiger partial charge is 0.123 e. The van der Waals surface area contributed by atoms with E-state index in [1.807, 2.05) is 6.08 Å². The summed E-state index contributed by atoms with van der Waals surface area (Å²) in [5.74, 6) is -0.239. The van der Waals surface area contributed by atoms with E-state index < -0.39 is 0 Å². The Morgan fingerprint density at radius 1 is 0.560 bits per heavy atom. The Morgan fingerprint density at radius 3 is 1.76 bits per heavy atom. The van der Waals surface area contributed by atoms with Crippen molar-refractivity contribution in [3.63, 3.8) is 0 Å².